The lowest BCUT2D eigenvalue weighted by atomic mass is 9.99. The smallest absolute Gasteiger partial charge is 0.326 e. The lowest BCUT2D eigenvalue weighted by Gasteiger charge is -2.24. The second-order valence-corrected chi connectivity index (χ2v) is 25.6. The minimum Gasteiger partial charge on any atom is -0.480 e. The van der Waals surface area contributed by atoms with E-state index in [4.69, 9.17) is 64.8 Å². The first kappa shape index (κ1) is 75.7. The minimum atomic E-state index is -1.02. The first-order valence-electron chi connectivity index (χ1n) is 32.6. The standard InChI is InChI=1S/C24H24ClFN4O3.C23H23ClFN5O3.C16H18N4O4.C7H7ClFN.CH3F/c1-14-11-20(21(31)10-9-15-5-4-7-17(25)22(15)26)30(12-14)24(33)28-18-13-29(23(27)32)19-8-3-2-6-16(18)19;24-16-6-3-4-13(21(16)25)8-9-20(31)19-10-14(26)11-30(19)23(33)28-17-12-29(22(27)32)18-7-2-1-5-15(17)18;1-9-6-13(14(21)22)20(7-9)16(24)18-11-8-19(15(17)23)12-5-3-2-4-10(11)12;8-6-3-1-2-5(4-10)7(6)9;1-2/h2-8,13-14,20H,9-12H2,1H3,(H2,27,32)(H,28,33);1-7,12,14,19H,8-11,26H2,(H2,27,32)(H,28,33);2-5,8-9,13H,6-7H2,1H3,(H2,17,23)(H,18,24)(H,21,22);1-3H,4,10H2;1H3/t14-,20-;14-,19-;9-,13-;;/m000../s1/i;;;;1D. The predicted molar refractivity (Wildman–Crippen MR) is 383 cm³/mol. The minimum absolute atomic E-state index is 0.000957. The number of alkyl halides is 1. The fraction of sp³-hybridized carbons (Fsp3) is 0.282. The molecule has 0 saturated carbocycles. The summed E-state index contributed by atoms with van der Waals surface area (Å²) in [6.45, 7) is 5.06. The maximum Gasteiger partial charge on any atom is 0.326 e. The van der Waals surface area contributed by atoms with Crippen LogP contribution in [-0.2, 0) is 33.8 Å². The Morgan fingerprint density at radius 1 is 0.490 bits per heavy atom. The molecule has 0 spiro atoms. The number of carboxylic acid groups (broad SMARTS) is 1. The number of halogens is 7. The number of primary amides is 3. The van der Waals surface area contributed by atoms with E-state index in [1.165, 1.54) is 65.2 Å². The van der Waals surface area contributed by atoms with Gasteiger partial charge in [0, 0.05) is 85.4 Å². The molecule has 0 radical (unpaired) electrons. The number of para-hydroxylation sites is 3. The highest BCUT2D eigenvalue weighted by atomic mass is 35.5. The van der Waals surface area contributed by atoms with Gasteiger partial charge in [-0.15, -0.1) is 0 Å². The van der Waals surface area contributed by atoms with Crippen LogP contribution in [0, 0.1) is 29.3 Å². The van der Waals surface area contributed by atoms with Gasteiger partial charge >= 0.3 is 42.2 Å². The van der Waals surface area contributed by atoms with E-state index in [-0.39, 0.29) is 83.3 Å². The molecule has 0 aliphatic carbocycles. The Kier molecular flexibility index (Phi) is 25.7. The van der Waals surface area contributed by atoms with E-state index < -0.39 is 84.9 Å². The van der Waals surface area contributed by atoms with Crippen molar-refractivity contribution in [2.45, 2.75) is 89.5 Å². The number of aryl methyl sites for hydroxylation is 2. The van der Waals surface area contributed by atoms with Gasteiger partial charge in [0.25, 0.3) is 0 Å². The van der Waals surface area contributed by atoms with Crippen molar-refractivity contribution >= 4 is 138 Å². The summed E-state index contributed by atoms with van der Waals surface area (Å²) in [6.07, 6.45) is 6.14. The van der Waals surface area contributed by atoms with E-state index in [0.717, 1.165) is 0 Å². The number of benzene rings is 6. The van der Waals surface area contributed by atoms with E-state index in [0.29, 0.717) is 98.8 Å². The number of carbonyl (C=O) groups excluding carboxylic acids is 8. The van der Waals surface area contributed by atoms with Crippen LogP contribution in [0.5, 0.6) is 0 Å². The fourth-order valence-corrected chi connectivity index (χ4v) is 13.0. The number of anilines is 3. The van der Waals surface area contributed by atoms with Crippen LogP contribution in [0.2, 0.25) is 15.1 Å². The molecule has 102 heavy (non-hydrogen) atoms. The summed E-state index contributed by atoms with van der Waals surface area (Å²) < 4.78 is 60.4. The molecule has 3 aromatic heterocycles. The van der Waals surface area contributed by atoms with E-state index in [2.05, 4.69) is 16.0 Å². The van der Waals surface area contributed by atoms with Crippen LogP contribution in [0.4, 0.5) is 63.4 Å². The van der Waals surface area contributed by atoms with Crippen molar-refractivity contribution in [1.82, 2.24) is 28.4 Å². The van der Waals surface area contributed by atoms with Crippen molar-refractivity contribution < 1.29 is 67.2 Å². The van der Waals surface area contributed by atoms with E-state index in [1.54, 1.807) is 109 Å². The highest BCUT2D eigenvalue weighted by molar-refractivity contribution is 6.31. The topological polar surface area (TPSA) is 365 Å². The maximum absolute atomic E-state index is 14.2. The van der Waals surface area contributed by atoms with Crippen LogP contribution < -0.4 is 44.6 Å². The van der Waals surface area contributed by atoms with Gasteiger partial charge in [-0.3, -0.25) is 27.7 Å². The number of nitrogens with zero attached hydrogens (tertiary/aromatic N) is 6. The molecule has 3 aliphatic heterocycles. The van der Waals surface area contributed by atoms with Crippen molar-refractivity contribution in [1.29, 1.82) is 0 Å². The summed E-state index contributed by atoms with van der Waals surface area (Å²) >= 11 is 17.1. The van der Waals surface area contributed by atoms with Gasteiger partial charge in [-0.1, -0.05) is 140 Å². The lowest BCUT2D eigenvalue weighted by molar-refractivity contribution is -0.141. The summed E-state index contributed by atoms with van der Waals surface area (Å²) in [5.41, 5.74) is 31.6. The molecular formula is C71H75Cl3F4N14O10. The van der Waals surface area contributed by atoms with Crippen LogP contribution in [0.25, 0.3) is 32.7 Å². The van der Waals surface area contributed by atoms with Crippen molar-refractivity contribution in [3.05, 3.63) is 195 Å². The molecule has 0 unspecified atom stereocenters. The first-order chi connectivity index (χ1) is 49.1. The third kappa shape index (κ3) is 18.1. The second-order valence-electron chi connectivity index (χ2n) is 24.4. The number of likely N-dealkylation sites (tertiary alicyclic amines) is 3. The number of amides is 9. The van der Waals surface area contributed by atoms with Crippen molar-refractivity contribution in [2.75, 3.05) is 42.7 Å². The monoisotopic (exact) mass is 1470 g/mol. The molecule has 3 fully saturated rings. The van der Waals surface area contributed by atoms with Crippen LogP contribution in [0.1, 0.15) is 64.0 Å². The van der Waals surface area contributed by atoms with Crippen LogP contribution in [0.15, 0.2) is 146 Å². The zero-order valence-corrected chi connectivity index (χ0v) is 57.4. The number of Topliss-reactive ketones (excluding diaryl/α,β-unsaturated/α-hetero) is 2. The lowest BCUT2D eigenvalue weighted by Crippen LogP contribution is -2.43. The Morgan fingerprint density at radius 2 is 0.804 bits per heavy atom. The number of aliphatic carboxylic acids is 1. The Morgan fingerprint density at radius 3 is 1.15 bits per heavy atom. The number of aromatic nitrogens is 3. The molecule has 9 aromatic rings. The molecular weight excluding hydrogens is 1390 g/mol. The molecule has 6 atom stereocenters. The molecule has 9 amide bonds. The van der Waals surface area contributed by atoms with E-state index in [9.17, 15) is 65.8 Å². The van der Waals surface area contributed by atoms with Crippen molar-refractivity contribution in [2.24, 2.45) is 40.5 Å². The average Bonchev–Trinajstić information content (AvgIpc) is 1.65. The van der Waals surface area contributed by atoms with Crippen molar-refractivity contribution in [3.63, 3.8) is 0 Å². The van der Waals surface area contributed by atoms with Crippen LogP contribution in [-0.4, -0.2) is 138 Å². The van der Waals surface area contributed by atoms with Gasteiger partial charge in [0.05, 0.1) is 69.3 Å². The highest BCUT2D eigenvalue weighted by Gasteiger charge is 2.41. The molecule has 6 heterocycles. The number of carboxylic acids is 1. The summed E-state index contributed by atoms with van der Waals surface area (Å²) in [7, 11) is -1.00. The summed E-state index contributed by atoms with van der Waals surface area (Å²) in [6, 6.07) is 29.2. The van der Waals surface area contributed by atoms with Gasteiger partial charge in [-0.25, -0.2) is 46.7 Å². The van der Waals surface area contributed by atoms with Gasteiger partial charge in [0.2, 0.25) is 0 Å². The summed E-state index contributed by atoms with van der Waals surface area (Å²) in [5, 5.41) is 19.7. The largest absolute Gasteiger partial charge is 0.480 e. The number of hydrogen-bond donors (Lipinski definition) is 9. The number of ketones is 2. The second kappa shape index (κ2) is 34.7. The molecule has 3 saturated heterocycles. The summed E-state index contributed by atoms with van der Waals surface area (Å²) in [5.74, 6) is -2.59. The quantitative estimate of drug-likeness (QED) is 0.0487. The zero-order chi connectivity index (χ0) is 75.1. The Labute approximate surface area is 598 Å². The number of rotatable bonds is 13. The third-order valence-electron chi connectivity index (χ3n) is 17.3. The van der Waals surface area contributed by atoms with Crippen molar-refractivity contribution in [3.8, 4) is 0 Å². The number of fused-ring (bicyclic) bond motifs is 3. The number of nitrogens with two attached hydrogens (primary N) is 5. The van der Waals surface area contributed by atoms with Gasteiger partial charge in [0.15, 0.2) is 11.6 Å². The SMILES string of the molecule is C[C@H]1C[C@@H](C(=O)CCc2cccc(Cl)c2F)N(C(=O)Nc2cn(C(N)=O)c3ccccc23)C1.C[C@H]1C[C@@H](C(=O)O)N(C(=O)Nc2cn(C(N)=O)c3ccccc23)C1.NC(=O)n1cc(NC(=O)N2C[C@@H](N)C[C@H]2C(=O)CCc2cccc(Cl)c2F)c2ccccc21.NCc1cccc(Cl)c1F.[2H]CF. The van der Waals surface area contributed by atoms with Crippen LogP contribution >= 0.6 is 34.8 Å². The van der Waals surface area contributed by atoms with E-state index >= 15 is 0 Å². The number of carbonyl (C=O) groups is 9. The third-order valence-corrected chi connectivity index (χ3v) is 18.2. The molecule has 12 rings (SSSR count). The molecule has 6 aromatic carbocycles. The fourth-order valence-electron chi connectivity index (χ4n) is 12.5. The molecule has 14 N–H and O–H groups in total. The molecule has 24 nitrogen and oxygen atoms in total. The number of nitrogens with one attached hydrogen (secondary N) is 3. The molecule has 538 valence electrons. The Balaban J connectivity index is 0.000000182. The molecule has 31 heteroatoms. The molecule has 0 bridgehead atoms. The van der Waals surface area contributed by atoms with Gasteiger partial charge < -0.3 is 64.4 Å². The Bertz CT molecular complexity index is 4470. The zero-order valence-electron chi connectivity index (χ0n) is 56.1. The average molecular weight is 1470 g/mol. The highest BCUT2D eigenvalue weighted by Crippen LogP contribution is 2.33. The van der Waals surface area contributed by atoms with Gasteiger partial charge in [-0.05, 0) is 91.5 Å². The number of urea groups is 3. The number of hydrogen-bond acceptors (Lipinski definition) is 11. The first-order valence-corrected chi connectivity index (χ1v) is 33.0. The predicted octanol–water partition coefficient (Wildman–Crippen LogP) is 12.7. The van der Waals surface area contributed by atoms with Gasteiger partial charge in [0.1, 0.15) is 23.5 Å². The normalized spacial score (nSPS) is 17.6. The van der Waals surface area contributed by atoms with E-state index in [1.807, 2.05) is 13.8 Å². The summed E-state index contributed by atoms with van der Waals surface area (Å²) in [4.78, 5) is 115. The van der Waals surface area contributed by atoms with Gasteiger partial charge in [-0.2, -0.15) is 0 Å². The molecule has 3 aliphatic rings. The van der Waals surface area contributed by atoms with Crippen LogP contribution in [0.3, 0.4) is 0 Å². The maximum atomic E-state index is 14.2. The Hall–Kier alpha value is -10.5.